The Morgan fingerprint density at radius 1 is 1.02 bits per heavy atom. The van der Waals surface area contributed by atoms with Gasteiger partial charge in [0.2, 0.25) is 5.95 Å². The molecule has 5 aromatic rings. The van der Waals surface area contributed by atoms with Crippen LogP contribution in [0.25, 0.3) is 11.2 Å². The fourth-order valence-corrected chi connectivity index (χ4v) is 5.36. The molecule has 0 spiro atoms. The smallest absolute Gasteiger partial charge is 0.280 e. The maximum Gasteiger partial charge on any atom is 0.280 e. The first kappa shape index (κ1) is 25.8. The van der Waals surface area contributed by atoms with Crippen LogP contribution in [-0.2, 0) is 10.3 Å². The minimum absolute atomic E-state index is 0.144. The number of aromatic amines is 1. The van der Waals surface area contributed by atoms with Crippen LogP contribution in [-0.4, -0.2) is 55.7 Å². The minimum atomic E-state index is -0.953. The summed E-state index contributed by atoms with van der Waals surface area (Å²) in [6, 6.07) is 27.6. The number of imidazole rings is 1. The lowest BCUT2D eigenvalue weighted by Crippen LogP contribution is -2.39. The van der Waals surface area contributed by atoms with E-state index in [0.29, 0.717) is 5.65 Å². The van der Waals surface area contributed by atoms with Crippen molar-refractivity contribution in [2.24, 2.45) is 0 Å². The maximum absolute atomic E-state index is 13.2. The molecule has 3 atom stereocenters. The standard InChI is InChI=1S/C30H29N5O5/c1-39-22-14-12-21(13-15-22)30(19-8-4-2-5-9-19,20-10-6-3-7-11-20)34-29-32-27-26(28(38)33-29)31-18-35(27)25-16-23(37)24(17-36)40-25/h2-15,18,23-25,36-37H,16-17H2,1H3,(H2,32,33,34,38)/t23-,24+,25+/m0/s1. The van der Waals surface area contributed by atoms with Crippen molar-refractivity contribution in [3.05, 3.63) is 118 Å². The molecule has 10 nitrogen and oxygen atoms in total. The number of ether oxygens (including phenoxy) is 2. The molecular weight excluding hydrogens is 510 g/mol. The van der Waals surface area contributed by atoms with Crippen molar-refractivity contribution < 1.29 is 19.7 Å². The minimum Gasteiger partial charge on any atom is -0.497 e. The molecule has 1 saturated heterocycles. The van der Waals surface area contributed by atoms with E-state index < -0.39 is 29.5 Å². The van der Waals surface area contributed by atoms with Crippen molar-refractivity contribution in [3.63, 3.8) is 0 Å². The number of anilines is 1. The zero-order valence-electron chi connectivity index (χ0n) is 21.8. The number of nitrogens with one attached hydrogen (secondary N) is 2. The Kier molecular flexibility index (Phi) is 6.81. The SMILES string of the molecule is COc1ccc(C(Nc2nc3c(ncn3[C@H]3C[C@H](O)[C@@H](CO)O3)c(=O)[nH]2)(c2ccccc2)c2ccccc2)cc1. The Bertz CT molecular complexity index is 1610. The van der Waals surface area contributed by atoms with E-state index in [1.54, 1.807) is 11.7 Å². The zero-order valence-corrected chi connectivity index (χ0v) is 21.8. The lowest BCUT2D eigenvalue weighted by atomic mass is 9.77. The van der Waals surface area contributed by atoms with Crippen molar-refractivity contribution in [2.75, 3.05) is 19.0 Å². The van der Waals surface area contributed by atoms with Gasteiger partial charge in [-0.15, -0.1) is 0 Å². The number of methoxy groups -OCH3 is 1. The summed E-state index contributed by atoms with van der Waals surface area (Å²) in [5.74, 6) is 0.940. The molecule has 0 aliphatic carbocycles. The highest BCUT2D eigenvalue weighted by Gasteiger charge is 2.38. The van der Waals surface area contributed by atoms with Crippen LogP contribution in [0.15, 0.2) is 96.1 Å². The number of nitrogens with zero attached hydrogens (tertiary/aromatic N) is 3. The van der Waals surface area contributed by atoms with Crippen molar-refractivity contribution in [1.82, 2.24) is 19.5 Å². The number of fused-ring (bicyclic) bond motifs is 1. The van der Waals surface area contributed by atoms with Gasteiger partial charge >= 0.3 is 0 Å². The van der Waals surface area contributed by atoms with Gasteiger partial charge in [-0.3, -0.25) is 14.3 Å². The van der Waals surface area contributed by atoms with Crippen LogP contribution in [0.5, 0.6) is 5.75 Å². The molecule has 0 radical (unpaired) electrons. The van der Waals surface area contributed by atoms with Crippen LogP contribution in [0.2, 0.25) is 0 Å². The molecule has 6 rings (SSSR count). The molecule has 0 unspecified atom stereocenters. The molecule has 2 aromatic heterocycles. The summed E-state index contributed by atoms with van der Waals surface area (Å²) in [7, 11) is 1.62. The van der Waals surface area contributed by atoms with Gasteiger partial charge in [0.05, 0.1) is 26.1 Å². The molecule has 1 fully saturated rings. The summed E-state index contributed by atoms with van der Waals surface area (Å²) in [6.07, 6.45) is -0.489. The largest absolute Gasteiger partial charge is 0.497 e. The van der Waals surface area contributed by atoms with Crippen molar-refractivity contribution >= 4 is 17.1 Å². The first-order valence-electron chi connectivity index (χ1n) is 13.0. The van der Waals surface area contributed by atoms with Crippen LogP contribution < -0.4 is 15.6 Å². The zero-order chi connectivity index (χ0) is 27.7. The Hall–Kier alpha value is -4.51. The van der Waals surface area contributed by atoms with Gasteiger partial charge in [0.15, 0.2) is 11.2 Å². The van der Waals surface area contributed by atoms with Gasteiger partial charge in [0, 0.05) is 6.42 Å². The molecule has 0 saturated carbocycles. The second kappa shape index (κ2) is 10.6. The highest BCUT2D eigenvalue weighted by molar-refractivity contribution is 5.71. The average Bonchev–Trinajstić information content (AvgIpc) is 3.60. The van der Waals surface area contributed by atoms with Gasteiger partial charge in [-0.1, -0.05) is 72.8 Å². The molecule has 10 heteroatoms. The predicted molar refractivity (Wildman–Crippen MR) is 149 cm³/mol. The maximum atomic E-state index is 13.2. The van der Waals surface area contributed by atoms with E-state index in [1.165, 1.54) is 6.33 Å². The van der Waals surface area contributed by atoms with Crippen molar-refractivity contribution in [2.45, 2.75) is 30.4 Å². The number of aliphatic hydroxyl groups excluding tert-OH is 2. The lowest BCUT2D eigenvalue weighted by Gasteiger charge is -2.37. The van der Waals surface area contributed by atoms with Crippen molar-refractivity contribution in [1.29, 1.82) is 0 Å². The molecule has 3 heterocycles. The number of aliphatic hydroxyl groups is 2. The quantitative estimate of drug-likeness (QED) is 0.221. The molecule has 1 aliphatic rings. The first-order valence-corrected chi connectivity index (χ1v) is 13.0. The molecule has 0 bridgehead atoms. The van der Waals surface area contributed by atoms with Gasteiger partial charge in [0.1, 0.15) is 23.6 Å². The summed E-state index contributed by atoms with van der Waals surface area (Å²) in [5.41, 5.74) is 1.82. The third kappa shape index (κ3) is 4.41. The molecule has 4 N–H and O–H groups in total. The second-order valence-corrected chi connectivity index (χ2v) is 9.69. The van der Waals surface area contributed by atoms with Crippen LogP contribution in [0, 0.1) is 0 Å². The average molecular weight is 540 g/mol. The van der Waals surface area contributed by atoms with E-state index in [2.05, 4.69) is 15.3 Å². The summed E-state index contributed by atoms with van der Waals surface area (Å²) >= 11 is 0. The Labute approximate surface area is 229 Å². The monoisotopic (exact) mass is 539 g/mol. The summed E-state index contributed by atoms with van der Waals surface area (Å²) in [5, 5.41) is 23.4. The van der Waals surface area contributed by atoms with E-state index in [9.17, 15) is 15.0 Å². The Morgan fingerprint density at radius 3 is 2.23 bits per heavy atom. The van der Waals surface area contributed by atoms with Gasteiger partial charge in [0.25, 0.3) is 5.56 Å². The Morgan fingerprint density at radius 2 is 1.65 bits per heavy atom. The third-order valence-electron chi connectivity index (χ3n) is 7.37. The lowest BCUT2D eigenvalue weighted by molar-refractivity contribution is -0.0432. The highest BCUT2D eigenvalue weighted by Crippen LogP contribution is 2.40. The summed E-state index contributed by atoms with van der Waals surface area (Å²) < 4.78 is 12.9. The van der Waals surface area contributed by atoms with E-state index in [4.69, 9.17) is 14.5 Å². The van der Waals surface area contributed by atoms with Gasteiger partial charge in [-0.25, -0.2) is 4.98 Å². The van der Waals surface area contributed by atoms with Crippen LogP contribution in [0.1, 0.15) is 29.3 Å². The van der Waals surface area contributed by atoms with Gasteiger partial charge < -0.3 is 25.0 Å². The molecule has 3 aromatic carbocycles. The normalized spacial score (nSPS) is 19.1. The topological polar surface area (TPSA) is 135 Å². The van der Waals surface area contributed by atoms with Gasteiger partial charge in [-0.2, -0.15) is 4.98 Å². The second-order valence-electron chi connectivity index (χ2n) is 9.69. The van der Waals surface area contributed by atoms with E-state index in [-0.39, 0.29) is 24.5 Å². The number of hydrogen-bond acceptors (Lipinski definition) is 8. The first-order chi connectivity index (χ1) is 19.5. The van der Waals surface area contributed by atoms with Crippen LogP contribution in [0.3, 0.4) is 0 Å². The highest BCUT2D eigenvalue weighted by atomic mass is 16.5. The fraction of sp³-hybridized carbons (Fsp3) is 0.233. The van der Waals surface area contributed by atoms with E-state index in [0.717, 1.165) is 22.4 Å². The molecule has 0 amide bonds. The summed E-state index contributed by atoms with van der Waals surface area (Å²) in [4.78, 5) is 25.2. The number of rotatable bonds is 8. The molecule has 1 aliphatic heterocycles. The molecule has 204 valence electrons. The molecule has 40 heavy (non-hydrogen) atoms. The fourth-order valence-electron chi connectivity index (χ4n) is 5.36. The summed E-state index contributed by atoms with van der Waals surface area (Å²) in [6.45, 7) is -0.316. The van der Waals surface area contributed by atoms with Crippen LogP contribution in [0.4, 0.5) is 5.95 Å². The number of hydrogen-bond donors (Lipinski definition) is 4. The third-order valence-corrected chi connectivity index (χ3v) is 7.37. The van der Waals surface area contributed by atoms with Crippen LogP contribution >= 0.6 is 0 Å². The predicted octanol–water partition coefficient (Wildman–Crippen LogP) is 3.17. The number of benzene rings is 3. The molecular formula is C30H29N5O5. The van der Waals surface area contributed by atoms with E-state index in [1.807, 2.05) is 84.9 Å². The van der Waals surface area contributed by atoms with Crippen molar-refractivity contribution in [3.8, 4) is 5.75 Å². The van der Waals surface area contributed by atoms with Gasteiger partial charge in [-0.05, 0) is 28.8 Å². The van der Waals surface area contributed by atoms with E-state index >= 15 is 0 Å². The number of H-pyrrole nitrogens is 1. The number of aromatic nitrogens is 4. The Balaban J connectivity index is 1.53.